The van der Waals surface area contributed by atoms with E-state index in [1.807, 2.05) is 30.3 Å². The summed E-state index contributed by atoms with van der Waals surface area (Å²) in [6, 6.07) is 16.8. The lowest BCUT2D eigenvalue weighted by Crippen LogP contribution is -2.33. The normalized spacial score (nSPS) is 10.9. The summed E-state index contributed by atoms with van der Waals surface area (Å²) in [5.41, 5.74) is 1.80. The number of nitrogens with zero attached hydrogens (tertiary/aromatic N) is 5. The molecule has 0 aliphatic heterocycles. The molecule has 2 aromatic carbocycles. The summed E-state index contributed by atoms with van der Waals surface area (Å²) in [4.78, 5) is 29.1. The molecule has 29 heavy (non-hydrogen) atoms. The van der Waals surface area contributed by atoms with Crippen molar-refractivity contribution < 1.29 is 4.79 Å². The van der Waals surface area contributed by atoms with Gasteiger partial charge in [0.05, 0.1) is 5.69 Å². The largest absolute Gasteiger partial charge is 0.354 e. The number of carbonyl (C=O) groups is 1. The number of benzene rings is 2. The molecule has 0 spiro atoms. The van der Waals surface area contributed by atoms with E-state index >= 15 is 0 Å². The number of aromatic nitrogens is 5. The number of carbonyl (C=O) groups excluding carboxylic acids is 1. The Hall–Kier alpha value is -3.52. The smallest absolute Gasteiger partial charge is 0.284 e. The van der Waals surface area contributed by atoms with Gasteiger partial charge in [0.2, 0.25) is 5.91 Å². The Labute approximate surface area is 170 Å². The number of nitrogens with one attached hydrogen (secondary N) is 1. The molecular weight excluding hydrogens is 392 g/mol. The van der Waals surface area contributed by atoms with Gasteiger partial charge >= 0.3 is 0 Å². The topological polar surface area (TPSA) is 94.7 Å². The Kier molecular flexibility index (Phi) is 5.35. The summed E-state index contributed by atoms with van der Waals surface area (Å²) < 4.78 is 2.68. The molecule has 0 aliphatic carbocycles. The van der Waals surface area contributed by atoms with Crippen molar-refractivity contribution in [2.45, 2.75) is 13.0 Å². The summed E-state index contributed by atoms with van der Waals surface area (Å²) >= 11 is 5.90. The van der Waals surface area contributed by atoms with Crippen LogP contribution in [0.1, 0.15) is 5.56 Å². The second kappa shape index (κ2) is 8.24. The van der Waals surface area contributed by atoms with Crippen LogP contribution in [0, 0.1) is 0 Å². The highest BCUT2D eigenvalue weighted by Crippen LogP contribution is 2.15. The average Bonchev–Trinajstić information content (AvgIpc) is 3.16. The van der Waals surface area contributed by atoms with E-state index in [2.05, 4.69) is 20.6 Å². The van der Waals surface area contributed by atoms with Crippen LogP contribution in [-0.2, 0) is 17.8 Å². The SMILES string of the molecule is O=C(Cn1cnc2c(nnn2-c2ccc(Cl)cc2)c1=O)NCCc1ccccc1. The van der Waals surface area contributed by atoms with Crippen LogP contribution >= 0.6 is 11.6 Å². The van der Waals surface area contributed by atoms with Crippen molar-refractivity contribution in [3.8, 4) is 5.69 Å². The molecule has 8 nitrogen and oxygen atoms in total. The molecule has 0 saturated carbocycles. The molecule has 0 saturated heterocycles. The zero-order valence-corrected chi connectivity index (χ0v) is 16.1. The van der Waals surface area contributed by atoms with E-state index in [1.54, 1.807) is 24.3 Å². The lowest BCUT2D eigenvalue weighted by Gasteiger charge is -2.07. The first-order valence-electron chi connectivity index (χ1n) is 8.99. The van der Waals surface area contributed by atoms with Crippen molar-refractivity contribution in [1.82, 2.24) is 29.9 Å². The molecule has 0 aliphatic rings. The highest BCUT2D eigenvalue weighted by molar-refractivity contribution is 6.30. The minimum atomic E-state index is -0.423. The number of rotatable bonds is 6. The summed E-state index contributed by atoms with van der Waals surface area (Å²) in [6.07, 6.45) is 2.05. The molecule has 2 heterocycles. The number of amides is 1. The molecule has 0 atom stereocenters. The quantitative estimate of drug-likeness (QED) is 0.526. The second-order valence-corrected chi connectivity index (χ2v) is 6.85. The van der Waals surface area contributed by atoms with Gasteiger partial charge in [-0.2, -0.15) is 4.68 Å². The van der Waals surface area contributed by atoms with Gasteiger partial charge in [-0.1, -0.05) is 47.1 Å². The van der Waals surface area contributed by atoms with Crippen molar-refractivity contribution in [2.24, 2.45) is 0 Å². The van der Waals surface area contributed by atoms with E-state index in [0.29, 0.717) is 29.3 Å². The third-order valence-corrected chi connectivity index (χ3v) is 4.65. The summed E-state index contributed by atoms with van der Waals surface area (Å²) in [5, 5.41) is 11.3. The zero-order valence-electron chi connectivity index (χ0n) is 15.3. The molecule has 9 heteroatoms. The van der Waals surface area contributed by atoms with Crippen LogP contribution in [-0.4, -0.2) is 37.0 Å². The third kappa shape index (κ3) is 4.17. The van der Waals surface area contributed by atoms with Crippen molar-refractivity contribution in [3.63, 3.8) is 0 Å². The number of hydrogen-bond donors (Lipinski definition) is 1. The molecule has 146 valence electrons. The maximum Gasteiger partial charge on any atom is 0.284 e. The van der Waals surface area contributed by atoms with Gasteiger partial charge in [-0.3, -0.25) is 14.2 Å². The van der Waals surface area contributed by atoms with E-state index in [1.165, 1.54) is 15.6 Å². The molecule has 0 bridgehead atoms. The molecule has 0 unspecified atom stereocenters. The van der Waals surface area contributed by atoms with Crippen molar-refractivity contribution >= 4 is 28.7 Å². The van der Waals surface area contributed by atoms with Crippen LogP contribution in [0.3, 0.4) is 0 Å². The first kappa shape index (κ1) is 18.8. The lowest BCUT2D eigenvalue weighted by molar-refractivity contribution is -0.121. The second-order valence-electron chi connectivity index (χ2n) is 6.41. The van der Waals surface area contributed by atoms with Crippen molar-refractivity contribution in [2.75, 3.05) is 6.54 Å². The molecule has 1 amide bonds. The molecule has 2 aromatic heterocycles. The molecule has 4 rings (SSSR count). The fraction of sp³-hybridized carbons (Fsp3) is 0.150. The predicted molar refractivity (Wildman–Crippen MR) is 109 cm³/mol. The highest BCUT2D eigenvalue weighted by Gasteiger charge is 2.14. The van der Waals surface area contributed by atoms with E-state index < -0.39 is 5.56 Å². The monoisotopic (exact) mass is 408 g/mol. The molecule has 1 N–H and O–H groups in total. The van der Waals surface area contributed by atoms with Gasteiger partial charge in [0.1, 0.15) is 12.9 Å². The Balaban J connectivity index is 1.47. The van der Waals surface area contributed by atoms with Gasteiger partial charge < -0.3 is 5.32 Å². The Morgan fingerprint density at radius 2 is 1.83 bits per heavy atom. The number of halogens is 1. The Morgan fingerprint density at radius 3 is 2.59 bits per heavy atom. The van der Waals surface area contributed by atoms with Gasteiger partial charge in [-0.05, 0) is 36.2 Å². The van der Waals surface area contributed by atoms with Gasteiger partial charge in [0.25, 0.3) is 5.56 Å². The first-order chi connectivity index (χ1) is 14.1. The summed E-state index contributed by atoms with van der Waals surface area (Å²) in [6.45, 7) is 0.352. The van der Waals surface area contributed by atoms with Gasteiger partial charge in [-0.15, -0.1) is 5.10 Å². The van der Waals surface area contributed by atoms with Crippen LogP contribution < -0.4 is 10.9 Å². The molecule has 0 fully saturated rings. The maximum absolute atomic E-state index is 12.7. The van der Waals surface area contributed by atoms with Crippen LogP contribution in [0.2, 0.25) is 5.02 Å². The molecular formula is C20H17ClN6O2. The first-order valence-corrected chi connectivity index (χ1v) is 9.37. The van der Waals surface area contributed by atoms with Crippen LogP contribution in [0.5, 0.6) is 0 Å². The fourth-order valence-corrected chi connectivity index (χ4v) is 3.04. The number of fused-ring (bicyclic) bond motifs is 1. The summed E-state index contributed by atoms with van der Waals surface area (Å²) in [7, 11) is 0. The zero-order chi connectivity index (χ0) is 20.2. The standard InChI is InChI=1S/C20H17ClN6O2/c21-15-6-8-16(9-7-15)27-19-18(24-25-27)20(29)26(13-23-19)12-17(28)22-11-10-14-4-2-1-3-5-14/h1-9,13H,10-12H2,(H,22,28). The third-order valence-electron chi connectivity index (χ3n) is 4.39. The lowest BCUT2D eigenvalue weighted by atomic mass is 10.1. The number of hydrogen-bond acceptors (Lipinski definition) is 5. The van der Waals surface area contributed by atoms with Gasteiger partial charge in [0, 0.05) is 11.6 Å². The van der Waals surface area contributed by atoms with Gasteiger partial charge in [-0.25, -0.2) is 4.98 Å². The minimum absolute atomic E-state index is 0.0968. The van der Waals surface area contributed by atoms with Crippen LogP contribution in [0.25, 0.3) is 16.9 Å². The van der Waals surface area contributed by atoms with E-state index in [9.17, 15) is 9.59 Å². The minimum Gasteiger partial charge on any atom is -0.354 e. The van der Waals surface area contributed by atoms with Crippen molar-refractivity contribution in [3.05, 3.63) is 81.9 Å². The van der Waals surface area contributed by atoms with Gasteiger partial charge in [0.15, 0.2) is 11.2 Å². The fourth-order valence-electron chi connectivity index (χ4n) is 2.91. The summed E-state index contributed by atoms with van der Waals surface area (Å²) in [5.74, 6) is -0.269. The maximum atomic E-state index is 12.7. The Bertz CT molecular complexity index is 1200. The van der Waals surface area contributed by atoms with Crippen LogP contribution in [0.4, 0.5) is 0 Å². The van der Waals surface area contributed by atoms with E-state index in [-0.39, 0.29) is 18.0 Å². The van der Waals surface area contributed by atoms with Crippen molar-refractivity contribution in [1.29, 1.82) is 0 Å². The van der Waals surface area contributed by atoms with E-state index in [0.717, 1.165) is 5.56 Å². The molecule has 4 aromatic rings. The average molecular weight is 409 g/mol. The van der Waals surface area contributed by atoms with Crippen LogP contribution in [0.15, 0.2) is 65.7 Å². The predicted octanol–water partition coefficient (Wildman–Crippen LogP) is 1.99. The molecule has 0 radical (unpaired) electrons. The Morgan fingerprint density at radius 1 is 1.07 bits per heavy atom. The van der Waals surface area contributed by atoms with E-state index in [4.69, 9.17) is 11.6 Å². The highest BCUT2D eigenvalue weighted by atomic mass is 35.5.